The largest absolute Gasteiger partial charge is 0.497 e. The highest BCUT2D eigenvalue weighted by Gasteiger charge is 2.22. The lowest BCUT2D eigenvalue weighted by Gasteiger charge is -2.21. The maximum atomic E-state index is 5.77. The maximum Gasteiger partial charge on any atom is 0.161 e. The lowest BCUT2D eigenvalue weighted by molar-refractivity contribution is 0.356. The molecule has 0 fully saturated rings. The number of hydrogen-bond acceptors (Lipinski definition) is 6. The SMILES string of the molecule is COc1cc2c3cc(OC)c(OC)cc3c3cc(OC)cc4c5cc(OC)c(OC)cc5c(c1)c2c34. The van der Waals surface area contributed by atoms with Gasteiger partial charge in [0.2, 0.25) is 0 Å². The van der Waals surface area contributed by atoms with E-state index in [-0.39, 0.29) is 0 Å². The Hall–Kier alpha value is -4.32. The highest BCUT2D eigenvalue weighted by molar-refractivity contribution is 6.40. The molecular weight excluding hydrogens is 456 g/mol. The minimum absolute atomic E-state index is 0.669. The molecule has 36 heavy (non-hydrogen) atoms. The van der Waals surface area contributed by atoms with E-state index in [1.807, 2.05) is 24.3 Å². The smallest absolute Gasteiger partial charge is 0.161 e. The van der Waals surface area contributed by atoms with Crippen LogP contribution in [-0.4, -0.2) is 42.7 Å². The maximum absolute atomic E-state index is 5.77. The lowest BCUT2D eigenvalue weighted by atomic mass is 9.85. The molecule has 182 valence electrons. The summed E-state index contributed by atoms with van der Waals surface area (Å²) in [7, 11) is 9.99. The van der Waals surface area contributed by atoms with Gasteiger partial charge in [0.25, 0.3) is 0 Å². The first-order chi connectivity index (χ1) is 17.6. The molecule has 0 saturated carbocycles. The molecule has 0 aliphatic carbocycles. The Labute approximate surface area is 208 Å². The molecule has 0 spiro atoms. The molecule has 0 aliphatic rings. The van der Waals surface area contributed by atoms with E-state index >= 15 is 0 Å². The average Bonchev–Trinajstić information content (AvgIpc) is 2.94. The summed E-state index contributed by atoms with van der Waals surface area (Å²) >= 11 is 0. The van der Waals surface area contributed by atoms with Crippen molar-refractivity contribution in [3.8, 4) is 34.5 Å². The Kier molecular flexibility index (Phi) is 5.00. The van der Waals surface area contributed by atoms with Gasteiger partial charge in [-0.25, -0.2) is 0 Å². The van der Waals surface area contributed by atoms with Crippen LogP contribution in [-0.2, 0) is 0 Å². The molecule has 6 nitrogen and oxygen atoms in total. The lowest BCUT2D eigenvalue weighted by Crippen LogP contribution is -1.96. The third kappa shape index (κ3) is 2.90. The zero-order valence-electron chi connectivity index (χ0n) is 21.1. The minimum Gasteiger partial charge on any atom is -0.497 e. The highest BCUT2D eigenvalue weighted by Crippen LogP contribution is 2.50. The molecule has 0 amide bonds. The third-order valence-corrected chi connectivity index (χ3v) is 7.15. The summed E-state index contributed by atoms with van der Waals surface area (Å²) in [5, 5.41) is 10.7. The molecular formula is C30H26O6. The van der Waals surface area contributed by atoms with Crippen molar-refractivity contribution in [2.24, 2.45) is 0 Å². The second-order valence-corrected chi connectivity index (χ2v) is 8.70. The molecule has 6 aromatic rings. The van der Waals surface area contributed by atoms with Crippen LogP contribution in [0.1, 0.15) is 0 Å². The Morgan fingerprint density at radius 2 is 0.556 bits per heavy atom. The summed E-state index contributed by atoms with van der Waals surface area (Å²) in [5.41, 5.74) is 0. The number of hydrogen-bond donors (Lipinski definition) is 0. The molecule has 6 heteroatoms. The normalized spacial score (nSPS) is 11.6. The molecule has 0 bridgehead atoms. The van der Waals surface area contributed by atoms with E-state index in [0.717, 1.165) is 65.4 Å². The predicted molar refractivity (Wildman–Crippen MR) is 144 cm³/mol. The van der Waals surface area contributed by atoms with E-state index in [9.17, 15) is 0 Å². The van der Waals surface area contributed by atoms with Crippen molar-refractivity contribution >= 4 is 53.9 Å². The molecule has 0 heterocycles. The summed E-state index contributed by atoms with van der Waals surface area (Å²) in [5.74, 6) is 4.21. The standard InChI is InChI=1S/C30H26O6/c1-31-15-7-21-17-11-25(33-3)27(35-5)13-19(17)23-9-16(32-2)10-24-20-14-28(36-6)26(34-4)12-18(20)22(8-15)29(21)30(23)24/h7-14H,1-6H3. The number of methoxy groups -OCH3 is 6. The van der Waals surface area contributed by atoms with E-state index in [2.05, 4.69) is 24.3 Å². The second kappa shape index (κ2) is 8.12. The molecule has 0 atom stereocenters. The van der Waals surface area contributed by atoms with Gasteiger partial charge in [-0.3, -0.25) is 0 Å². The number of fused-ring (bicyclic) bond motifs is 6. The first kappa shape index (κ1) is 22.2. The third-order valence-electron chi connectivity index (χ3n) is 7.15. The molecule has 0 N–H and O–H groups in total. The summed E-state index contributed by atoms with van der Waals surface area (Å²) in [6.07, 6.45) is 0. The van der Waals surface area contributed by atoms with Gasteiger partial charge in [0.15, 0.2) is 23.0 Å². The van der Waals surface area contributed by atoms with Crippen LogP contribution in [0.4, 0.5) is 0 Å². The first-order valence-corrected chi connectivity index (χ1v) is 11.5. The molecule has 6 rings (SSSR count). The fourth-order valence-electron chi connectivity index (χ4n) is 5.50. The quantitative estimate of drug-likeness (QED) is 0.189. The van der Waals surface area contributed by atoms with Crippen molar-refractivity contribution in [1.82, 2.24) is 0 Å². The highest BCUT2D eigenvalue weighted by atomic mass is 16.5. The van der Waals surface area contributed by atoms with Crippen molar-refractivity contribution < 1.29 is 28.4 Å². The zero-order chi connectivity index (χ0) is 25.1. The van der Waals surface area contributed by atoms with Crippen molar-refractivity contribution in [3.63, 3.8) is 0 Å². The summed E-state index contributed by atoms with van der Waals surface area (Å²) in [4.78, 5) is 0. The first-order valence-electron chi connectivity index (χ1n) is 11.5. The van der Waals surface area contributed by atoms with Crippen molar-refractivity contribution in [3.05, 3.63) is 48.5 Å². The summed E-state index contributed by atoms with van der Waals surface area (Å²) in [6, 6.07) is 16.5. The van der Waals surface area contributed by atoms with Crippen LogP contribution in [0.3, 0.4) is 0 Å². The van der Waals surface area contributed by atoms with Crippen molar-refractivity contribution in [1.29, 1.82) is 0 Å². The zero-order valence-corrected chi connectivity index (χ0v) is 21.1. The van der Waals surface area contributed by atoms with Crippen LogP contribution in [0, 0.1) is 0 Å². The Morgan fingerprint density at radius 1 is 0.306 bits per heavy atom. The molecule has 6 aromatic carbocycles. The van der Waals surface area contributed by atoms with Crippen LogP contribution in [0.15, 0.2) is 48.5 Å². The molecule has 0 aromatic heterocycles. The Bertz CT molecular complexity index is 1550. The van der Waals surface area contributed by atoms with Gasteiger partial charge >= 0.3 is 0 Å². The van der Waals surface area contributed by atoms with E-state index < -0.39 is 0 Å². The van der Waals surface area contributed by atoms with Crippen LogP contribution in [0.5, 0.6) is 34.5 Å². The van der Waals surface area contributed by atoms with Crippen LogP contribution in [0.25, 0.3) is 53.9 Å². The van der Waals surface area contributed by atoms with Gasteiger partial charge in [0.05, 0.1) is 42.7 Å². The van der Waals surface area contributed by atoms with Gasteiger partial charge in [-0.2, -0.15) is 0 Å². The van der Waals surface area contributed by atoms with Gasteiger partial charge < -0.3 is 28.4 Å². The van der Waals surface area contributed by atoms with Gasteiger partial charge in [0, 0.05) is 0 Å². The van der Waals surface area contributed by atoms with E-state index in [1.54, 1.807) is 42.7 Å². The van der Waals surface area contributed by atoms with Gasteiger partial charge in [-0.1, -0.05) is 0 Å². The van der Waals surface area contributed by atoms with E-state index in [1.165, 1.54) is 0 Å². The second-order valence-electron chi connectivity index (χ2n) is 8.70. The molecule has 0 aliphatic heterocycles. The number of rotatable bonds is 6. The number of ether oxygens (including phenoxy) is 6. The molecule has 0 unspecified atom stereocenters. The molecule has 0 saturated heterocycles. The number of benzene rings is 6. The van der Waals surface area contributed by atoms with E-state index in [0.29, 0.717) is 23.0 Å². The van der Waals surface area contributed by atoms with Crippen molar-refractivity contribution in [2.75, 3.05) is 42.7 Å². The van der Waals surface area contributed by atoms with Gasteiger partial charge in [0.1, 0.15) is 11.5 Å². The van der Waals surface area contributed by atoms with Crippen LogP contribution < -0.4 is 28.4 Å². The average molecular weight is 483 g/mol. The van der Waals surface area contributed by atoms with Crippen LogP contribution >= 0.6 is 0 Å². The van der Waals surface area contributed by atoms with Gasteiger partial charge in [-0.15, -0.1) is 0 Å². The van der Waals surface area contributed by atoms with E-state index in [4.69, 9.17) is 28.4 Å². The minimum atomic E-state index is 0.669. The topological polar surface area (TPSA) is 55.4 Å². The van der Waals surface area contributed by atoms with Crippen LogP contribution in [0.2, 0.25) is 0 Å². The monoisotopic (exact) mass is 482 g/mol. The molecule has 0 radical (unpaired) electrons. The predicted octanol–water partition coefficient (Wildman–Crippen LogP) is 6.94. The summed E-state index contributed by atoms with van der Waals surface area (Å²) in [6.45, 7) is 0. The fourth-order valence-corrected chi connectivity index (χ4v) is 5.50. The summed E-state index contributed by atoms with van der Waals surface area (Å²) < 4.78 is 34.2. The van der Waals surface area contributed by atoms with Crippen molar-refractivity contribution in [2.45, 2.75) is 0 Å². The Morgan fingerprint density at radius 3 is 0.750 bits per heavy atom. The fraction of sp³-hybridized carbons (Fsp3) is 0.200. The van der Waals surface area contributed by atoms with Gasteiger partial charge in [-0.05, 0) is 102 Å². The Balaban J connectivity index is 1.99.